The normalized spacial score (nSPS) is 8.93. The Kier molecular flexibility index (Phi) is 3.05. The molecule has 1 rings (SSSR count). The van der Waals surface area contributed by atoms with Gasteiger partial charge in [0.05, 0.1) is 11.5 Å². The number of hydrogen-bond acceptors (Lipinski definition) is 4. The van der Waals surface area contributed by atoms with Crippen LogP contribution in [0.3, 0.4) is 0 Å². The minimum absolute atomic E-state index is 0.206. The van der Waals surface area contributed by atoms with Crippen LogP contribution >= 0.6 is 0 Å². The fourth-order valence-electron chi connectivity index (χ4n) is 0.909. The zero-order valence-electron chi connectivity index (χ0n) is 7.23. The molecule has 0 aliphatic carbocycles. The molecule has 0 atom stereocenters. The molecule has 0 aromatic heterocycles. The topological polar surface area (TPSA) is 89.4 Å². The average molecular weight is 192 g/mol. The molecule has 1 aromatic carbocycles. The average Bonchev–Trinajstić information content (AvgIpc) is 2.14. The number of phenolic OH excluding ortho intramolecular Hbond substituents is 1. The molecule has 0 bridgehead atoms. The lowest BCUT2D eigenvalue weighted by molar-refractivity contribution is -0.385. The molecule has 0 aliphatic heterocycles. The molecule has 0 unspecified atom stereocenters. The number of phenols is 1. The SMILES string of the molecule is NCC#Cc1ccc([N+](=O)[O-])c(O)c1. The molecular formula is C9H8N2O3. The minimum Gasteiger partial charge on any atom is -0.502 e. The van der Waals surface area contributed by atoms with Crippen LogP contribution < -0.4 is 5.73 Å². The second-order valence-electron chi connectivity index (χ2n) is 2.47. The van der Waals surface area contributed by atoms with Gasteiger partial charge in [0.15, 0.2) is 5.75 Å². The molecule has 0 heterocycles. The lowest BCUT2D eigenvalue weighted by atomic mass is 10.2. The van der Waals surface area contributed by atoms with Crippen molar-refractivity contribution in [2.24, 2.45) is 5.73 Å². The highest BCUT2D eigenvalue weighted by molar-refractivity contribution is 5.51. The Hall–Kier alpha value is -2.06. The summed E-state index contributed by atoms with van der Waals surface area (Å²) in [7, 11) is 0. The van der Waals surface area contributed by atoms with Crippen molar-refractivity contribution in [2.75, 3.05) is 6.54 Å². The van der Waals surface area contributed by atoms with E-state index in [1.54, 1.807) is 0 Å². The standard InChI is InChI=1S/C9H8N2O3/c10-5-1-2-7-3-4-8(11(13)14)9(12)6-7/h3-4,6,12H,5,10H2. The zero-order chi connectivity index (χ0) is 10.6. The second-order valence-corrected chi connectivity index (χ2v) is 2.47. The van der Waals surface area contributed by atoms with Gasteiger partial charge >= 0.3 is 5.69 Å². The summed E-state index contributed by atoms with van der Waals surface area (Å²) in [5.41, 5.74) is 5.32. The summed E-state index contributed by atoms with van der Waals surface area (Å²) < 4.78 is 0. The zero-order valence-corrected chi connectivity index (χ0v) is 7.23. The molecule has 0 fully saturated rings. The Bertz CT molecular complexity index is 418. The second kappa shape index (κ2) is 4.25. The van der Waals surface area contributed by atoms with Crippen LogP contribution in [-0.4, -0.2) is 16.6 Å². The Morgan fingerprint density at radius 1 is 1.57 bits per heavy atom. The number of nitro groups is 1. The first kappa shape index (κ1) is 10.0. The van der Waals surface area contributed by atoms with Crippen molar-refractivity contribution in [3.05, 3.63) is 33.9 Å². The fraction of sp³-hybridized carbons (Fsp3) is 0.111. The molecule has 0 spiro atoms. The van der Waals surface area contributed by atoms with E-state index < -0.39 is 4.92 Å². The maximum absolute atomic E-state index is 10.3. The molecule has 3 N–H and O–H groups in total. The maximum atomic E-state index is 10.3. The predicted octanol–water partition coefficient (Wildman–Crippen LogP) is 0.611. The highest BCUT2D eigenvalue weighted by Crippen LogP contribution is 2.25. The summed E-state index contributed by atoms with van der Waals surface area (Å²) in [4.78, 5) is 9.68. The largest absolute Gasteiger partial charge is 0.502 e. The quantitative estimate of drug-likeness (QED) is 0.387. The van der Waals surface area contributed by atoms with Gasteiger partial charge < -0.3 is 10.8 Å². The third kappa shape index (κ3) is 2.21. The number of rotatable bonds is 1. The number of hydrogen-bond donors (Lipinski definition) is 2. The van der Waals surface area contributed by atoms with Crippen LogP contribution in [-0.2, 0) is 0 Å². The van der Waals surface area contributed by atoms with Crippen LogP contribution in [0.25, 0.3) is 0 Å². The van der Waals surface area contributed by atoms with Crippen LogP contribution in [0, 0.1) is 22.0 Å². The monoisotopic (exact) mass is 192 g/mol. The number of benzene rings is 1. The molecule has 0 amide bonds. The van der Waals surface area contributed by atoms with Crippen LogP contribution in [0.4, 0.5) is 5.69 Å². The molecule has 1 aromatic rings. The summed E-state index contributed by atoms with van der Waals surface area (Å²) in [6.45, 7) is 0.206. The van der Waals surface area contributed by atoms with E-state index in [1.165, 1.54) is 18.2 Å². The van der Waals surface area contributed by atoms with Crippen LogP contribution in [0.1, 0.15) is 5.56 Å². The number of nitrogens with two attached hydrogens (primary N) is 1. The van der Waals surface area contributed by atoms with Gasteiger partial charge in [-0.3, -0.25) is 10.1 Å². The van der Waals surface area contributed by atoms with E-state index in [-0.39, 0.29) is 18.0 Å². The van der Waals surface area contributed by atoms with Gasteiger partial charge in [0.25, 0.3) is 0 Å². The van der Waals surface area contributed by atoms with Gasteiger partial charge in [-0.05, 0) is 6.07 Å². The first-order chi connectivity index (χ1) is 6.65. The molecular weight excluding hydrogens is 184 g/mol. The summed E-state index contributed by atoms with van der Waals surface area (Å²) in [5, 5.41) is 19.6. The fourth-order valence-corrected chi connectivity index (χ4v) is 0.909. The lowest BCUT2D eigenvalue weighted by Crippen LogP contribution is -1.93. The van der Waals surface area contributed by atoms with Crippen LogP contribution in [0.5, 0.6) is 5.75 Å². The van der Waals surface area contributed by atoms with Gasteiger partial charge in [-0.1, -0.05) is 11.8 Å². The van der Waals surface area contributed by atoms with E-state index in [4.69, 9.17) is 5.73 Å². The Morgan fingerprint density at radius 3 is 2.79 bits per heavy atom. The van der Waals surface area contributed by atoms with Gasteiger partial charge in [0.2, 0.25) is 0 Å². The Labute approximate surface area is 80.3 Å². The van der Waals surface area contributed by atoms with Crippen LogP contribution in [0.2, 0.25) is 0 Å². The van der Waals surface area contributed by atoms with Gasteiger partial charge in [-0.15, -0.1) is 0 Å². The molecule has 0 radical (unpaired) electrons. The van der Waals surface area contributed by atoms with E-state index in [1.807, 2.05) is 0 Å². The van der Waals surface area contributed by atoms with Crippen molar-refractivity contribution in [3.63, 3.8) is 0 Å². The third-order valence-corrected chi connectivity index (χ3v) is 1.51. The van der Waals surface area contributed by atoms with Crippen molar-refractivity contribution in [1.82, 2.24) is 0 Å². The highest BCUT2D eigenvalue weighted by atomic mass is 16.6. The first-order valence-electron chi connectivity index (χ1n) is 3.81. The first-order valence-corrected chi connectivity index (χ1v) is 3.81. The van der Waals surface area contributed by atoms with Crippen molar-refractivity contribution in [3.8, 4) is 17.6 Å². The van der Waals surface area contributed by atoms with E-state index >= 15 is 0 Å². The summed E-state index contributed by atoms with van der Waals surface area (Å²) >= 11 is 0. The van der Waals surface area contributed by atoms with Crippen molar-refractivity contribution in [2.45, 2.75) is 0 Å². The van der Waals surface area contributed by atoms with E-state index in [0.29, 0.717) is 5.56 Å². The van der Waals surface area contributed by atoms with Crippen molar-refractivity contribution < 1.29 is 10.0 Å². The predicted molar refractivity (Wildman–Crippen MR) is 50.7 cm³/mol. The highest BCUT2D eigenvalue weighted by Gasteiger charge is 2.11. The number of nitrogens with zero attached hydrogens (tertiary/aromatic N) is 1. The summed E-state index contributed by atoms with van der Waals surface area (Å²) in [6.07, 6.45) is 0. The Morgan fingerprint density at radius 2 is 2.29 bits per heavy atom. The molecule has 0 aliphatic rings. The molecule has 5 nitrogen and oxygen atoms in total. The summed E-state index contributed by atoms with van der Waals surface area (Å²) in [5.74, 6) is 4.84. The van der Waals surface area contributed by atoms with E-state index in [2.05, 4.69) is 11.8 Å². The van der Waals surface area contributed by atoms with E-state index in [0.717, 1.165) is 0 Å². The van der Waals surface area contributed by atoms with Gasteiger partial charge in [0, 0.05) is 17.7 Å². The minimum atomic E-state index is -0.657. The van der Waals surface area contributed by atoms with E-state index in [9.17, 15) is 15.2 Å². The number of nitro benzene ring substituents is 1. The Balaban J connectivity index is 3.06. The third-order valence-electron chi connectivity index (χ3n) is 1.51. The maximum Gasteiger partial charge on any atom is 0.310 e. The molecule has 0 saturated heterocycles. The molecule has 72 valence electrons. The molecule has 14 heavy (non-hydrogen) atoms. The molecule has 5 heteroatoms. The van der Waals surface area contributed by atoms with Crippen molar-refractivity contribution >= 4 is 5.69 Å². The summed E-state index contributed by atoms with van der Waals surface area (Å²) in [6, 6.07) is 3.90. The van der Waals surface area contributed by atoms with Crippen molar-refractivity contribution in [1.29, 1.82) is 0 Å². The number of aromatic hydroxyl groups is 1. The lowest BCUT2D eigenvalue weighted by Gasteiger charge is -1.95. The van der Waals surface area contributed by atoms with Gasteiger partial charge in [-0.25, -0.2) is 0 Å². The molecule has 0 saturated carbocycles. The van der Waals surface area contributed by atoms with Gasteiger partial charge in [-0.2, -0.15) is 0 Å². The van der Waals surface area contributed by atoms with Crippen LogP contribution in [0.15, 0.2) is 18.2 Å². The smallest absolute Gasteiger partial charge is 0.310 e. The van der Waals surface area contributed by atoms with Gasteiger partial charge in [0.1, 0.15) is 0 Å².